The van der Waals surface area contributed by atoms with E-state index in [0.717, 1.165) is 22.4 Å². The van der Waals surface area contributed by atoms with Crippen molar-refractivity contribution >= 4 is 17.2 Å². The van der Waals surface area contributed by atoms with Gasteiger partial charge in [-0.1, -0.05) is 30.8 Å². The van der Waals surface area contributed by atoms with Gasteiger partial charge in [0, 0.05) is 24.5 Å². The predicted molar refractivity (Wildman–Crippen MR) is 63.5 cm³/mol. The first-order valence-corrected chi connectivity index (χ1v) is 5.03. The van der Waals surface area contributed by atoms with Gasteiger partial charge in [0.15, 0.2) is 0 Å². The van der Waals surface area contributed by atoms with E-state index >= 15 is 0 Å². The van der Waals surface area contributed by atoms with Crippen LogP contribution in [0.4, 0.5) is 0 Å². The normalized spacial score (nSPS) is 14.4. The molecule has 82 valence electrons. The van der Waals surface area contributed by atoms with Crippen molar-refractivity contribution in [3.05, 3.63) is 48.2 Å². The fourth-order valence-corrected chi connectivity index (χ4v) is 1.89. The first-order valence-electron chi connectivity index (χ1n) is 5.03. The number of carboxylic acids is 1. The van der Waals surface area contributed by atoms with Gasteiger partial charge in [0.1, 0.15) is 0 Å². The van der Waals surface area contributed by atoms with Gasteiger partial charge in [-0.05, 0) is 11.1 Å². The van der Waals surface area contributed by atoms with Gasteiger partial charge in [-0.2, -0.15) is 0 Å². The Kier molecular flexibility index (Phi) is 2.52. The molecule has 0 fully saturated rings. The Bertz CT molecular complexity index is 488. The molecule has 0 spiro atoms. The summed E-state index contributed by atoms with van der Waals surface area (Å²) >= 11 is 0. The largest absolute Gasteiger partial charge is 0.481 e. The molecule has 1 heterocycles. The second kappa shape index (κ2) is 3.85. The monoisotopic (exact) mass is 215 g/mol. The van der Waals surface area contributed by atoms with E-state index in [9.17, 15) is 4.79 Å². The van der Waals surface area contributed by atoms with Crippen LogP contribution in [-0.2, 0) is 4.79 Å². The summed E-state index contributed by atoms with van der Waals surface area (Å²) in [5.74, 6) is -0.818. The van der Waals surface area contributed by atoms with Crippen molar-refractivity contribution in [2.45, 2.75) is 6.42 Å². The third kappa shape index (κ3) is 1.72. The highest BCUT2D eigenvalue weighted by Crippen LogP contribution is 2.33. The van der Waals surface area contributed by atoms with Gasteiger partial charge in [0.25, 0.3) is 0 Å². The van der Waals surface area contributed by atoms with E-state index in [0.29, 0.717) is 0 Å². The second-order valence-electron chi connectivity index (χ2n) is 3.83. The van der Waals surface area contributed by atoms with Gasteiger partial charge in [-0.3, -0.25) is 4.79 Å². The van der Waals surface area contributed by atoms with Crippen LogP contribution >= 0.6 is 0 Å². The maximum absolute atomic E-state index is 10.8. The van der Waals surface area contributed by atoms with Gasteiger partial charge in [0.05, 0.1) is 6.42 Å². The molecule has 0 atom stereocenters. The van der Waals surface area contributed by atoms with Crippen molar-refractivity contribution < 1.29 is 9.90 Å². The molecule has 0 bridgehead atoms. The summed E-state index contributed by atoms with van der Waals surface area (Å²) in [6.45, 7) is 3.98. The number of rotatable bonds is 2. The summed E-state index contributed by atoms with van der Waals surface area (Å²) in [7, 11) is 1.88. The predicted octanol–water partition coefficient (Wildman–Crippen LogP) is 2.42. The highest BCUT2D eigenvalue weighted by Gasteiger charge is 2.19. The summed E-state index contributed by atoms with van der Waals surface area (Å²) in [5.41, 5.74) is 3.68. The van der Waals surface area contributed by atoms with E-state index in [-0.39, 0.29) is 6.42 Å². The van der Waals surface area contributed by atoms with Crippen molar-refractivity contribution in [2.75, 3.05) is 7.05 Å². The Balaban J connectivity index is 2.50. The molecule has 2 rings (SSSR count). The molecule has 0 amide bonds. The zero-order valence-electron chi connectivity index (χ0n) is 9.10. The van der Waals surface area contributed by atoms with Crippen LogP contribution in [0.5, 0.6) is 0 Å². The third-order valence-corrected chi connectivity index (χ3v) is 2.70. The lowest BCUT2D eigenvalue weighted by Gasteiger charge is -2.27. The number of hydrogen-bond donors (Lipinski definition) is 1. The Labute approximate surface area is 94.3 Å². The van der Waals surface area contributed by atoms with E-state index in [1.165, 1.54) is 0 Å². The molecule has 1 N–H and O–H groups in total. The molecule has 3 heteroatoms. The van der Waals surface area contributed by atoms with Crippen LogP contribution in [0.2, 0.25) is 0 Å². The van der Waals surface area contributed by atoms with E-state index in [1.54, 1.807) is 0 Å². The van der Waals surface area contributed by atoms with Crippen LogP contribution in [-0.4, -0.2) is 23.0 Å². The van der Waals surface area contributed by atoms with Gasteiger partial charge < -0.3 is 10.0 Å². The molecule has 1 aliphatic rings. The summed E-state index contributed by atoms with van der Waals surface area (Å²) in [4.78, 5) is 12.6. The maximum Gasteiger partial charge on any atom is 0.307 e. The molecule has 0 saturated heterocycles. The standard InChI is InChI=1S/C13H13NO2/c1-9-11-5-3-4-6-12(11)10(7-13(15)16)8-14(9)2/h3-6,8H,1,7H2,2H3,(H,15,16). The fraction of sp³-hybridized carbons (Fsp3) is 0.154. The van der Waals surface area contributed by atoms with Crippen LogP contribution < -0.4 is 0 Å². The smallest absolute Gasteiger partial charge is 0.307 e. The summed E-state index contributed by atoms with van der Waals surface area (Å²) in [6.07, 6.45) is 1.87. The molecule has 1 aliphatic heterocycles. The first kappa shape index (κ1) is 10.5. The topological polar surface area (TPSA) is 40.5 Å². The minimum Gasteiger partial charge on any atom is -0.481 e. The quantitative estimate of drug-likeness (QED) is 0.823. The number of carboxylic acid groups (broad SMARTS) is 1. The summed E-state index contributed by atoms with van der Waals surface area (Å²) < 4.78 is 0. The maximum atomic E-state index is 10.8. The van der Waals surface area contributed by atoms with E-state index in [4.69, 9.17) is 5.11 Å². The van der Waals surface area contributed by atoms with Gasteiger partial charge in [0.2, 0.25) is 0 Å². The van der Waals surface area contributed by atoms with Crippen LogP contribution in [0, 0.1) is 0 Å². The molecule has 1 aromatic rings. The molecule has 0 saturated carbocycles. The Hall–Kier alpha value is -2.03. The lowest BCUT2D eigenvalue weighted by Crippen LogP contribution is -2.16. The lowest BCUT2D eigenvalue weighted by molar-refractivity contribution is -0.135. The Morgan fingerprint density at radius 3 is 2.62 bits per heavy atom. The molecular weight excluding hydrogens is 202 g/mol. The minimum absolute atomic E-state index is 0.0363. The molecule has 16 heavy (non-hydrogen) atoms. The average molecular weight is 215 g/mol. The van der Waals surface area contributed by atoms with Crippen molar-refractivity contribution in [2.24, 2.45) is 0 Å². The molecule has 0 aliphatic carbocycles. The molecule has 0 radical (unpaired) electrons. The fourth-order valence-electron chi connectivity index (χ4n) is 1.89. The number of fused-ring (bicyclic) bond motifs is 1. The number of aliphatic carboxylic acids is 1. The highest BCUT2D eigenvalue weighted by molar-refractivity contribution is 5.90. The van der Waals surface area contributed by atoms with Gasteiger partial charge in [-0.15, -0.1) is 0 Å². The average Bonchev–Trinajstić information content (AvgIpc) is 2.25. The second-order valence-corrected chi connectivity index (χ2v) is 3.83. The molecule has 3 nitrogen and oxygen atoms in total. The van der Waals surface area contributed by atoms with E-state index in [1.807, 2.05) is 42.4 Å². The zero-order chi connectivity index (χ0) is 11.7. The van der Waals surface area contributed by atoms with Crippen LogP contribution in [0.3, 0.4) is 0 Å². The highest BCUT2D eigenvalue weighted by atomic mass is 16.4. The Morgan fingerprint density at radius 2 is 2.00 bits per heavy atom. The van der Waals surface area contributed by atoms with Crippen LogP contribution in [0.25, 0.3) is 11.3 Å². The van der Waals surface area contributed by atoms with E-state index < -0.39 is 5.97 Å². The third-order valence-electron chi connectivity index (χ3n) is 2.70. The number of nitrogens with zero attached hydrogens (tertiary/aromatic N) is 1. The molecular formula is C13H13NO2. The van der Waals surface area contributed by atoms with Crippen molar-refractivity contribution in [1.29, 1.82) is 0 Å². The number of benzene rings is 1. The summed E-state index contributed by atoms with van der Waals surface area (Å²) in [6, 6.07) is 7.74. The SMILES string of the molecule is C=C1c2ccccc2C(CC(=O)O)=CN1C. The van der Waals surface area contributed by atoms with E-state index in [2.05, 4.69) is 6.58 Å². The molecule has 1 aromatic carbocycles. The summed E-state index contributed by atoms with van der Waals surface area (Å²) in [5, 5.41) is 8.86. The first-order chi connectivity index (χ1) is 7.59. The Morgan fingerprint density at radius 1 is 1.38 bits per heavy atom. The van der Waals surface area contributed by atoms with Gasteiger partial charge in [-0.25, -0.2) is 0 Å². The van der Waals surface area contributed by atoms with Crippen LogP contribution in [0.15, 0.2) is 37.0 Å². The van der Waals surface area contributed by atoms with Crippen molar-refractivity contribution in [3.63, 3.8) is 0 Å². The van der Waals surface area contributed by atoms with Crippen LogP contribution in [0.1, 0.15) is 17.5 Å². The molecule has 0 unspecified atom stereocenters. The molecule has 0 aromatic heterocycles. The van der Waals surface area contributed by atoms with Gasteiger partial charge >= 0.3 is 5.97 Å². The number of carbonyl (C=O) groups is 1. The van der Waals surface area contributed by atoms with Crippen molar-refractivity contribution in [1.82, 2.24) is 4.90 Å². The number of hydrogen-bond acceptors (Lipinski definition) is 2. The lowest BCUT2D eigenvalue weighted by atomic mass is 9.93. The van der Waals surface area contributed by atoms with Crippen molar-refractivity contribution in [3.8, 4) is 0 Å². The zero-order valence-corrected chi connectivity index (χ0v) is 9.10. The minimum atomic E-state index is -0.818.